The van der Waals surface area contributed by atoms with E-state index >= 15 is 0 Å². The summed E-state index contributed by atoms with van der Waals surface area (Å²) < 4.78 is 24.8. The van der Waals surface area contributed by atoms with Gasteiger partial charge in [-0.05, 0) is 28.1 Å². The number of nitriles is 1. The van der Waals surface area contributed by atoms with Gasteiger partial charge in [-0.15, -0.1) is 0 Å². The molecule has 0 fully saturated rings. The van der Waals surface area contributed by atoms with Gasteiger partial charge >= 0.3 is 5.97 Å². The molecule has 0 aliphatic heterocycles. The first-order valence-electron chi connectivity index (χ1n) is 3.72. The predicted molar refractivity (Wildman–Crippen MR) is 50.8 cm³/mol. The van der Waals surface area contributed by atoms with Crippen molar-refractivity contribution in [3.63, 3.8) is 0 Å². The van der Waals surface area contributed by atoms with Gasteiger partial charge in [0.1, 0.15) is 0 Å². The molecule has 0 aromatic heterocycles. The summed E-state index contributed by atoms with van der Waals surface area (Å²) in [7, 11) is 0. The summed E-state index contributed by atoms with van der Waals surface area (Å²) in [6, 6.07) is 3.41. The third kappa shape index (κ3) is 2.30. The largest absolute Gasteiger partial charge is 0.478 e. The molecule has 78 valence electrons. The smallest absolute Gasteiger partial charge is 0.336 e. The van der Waals surface area contributed by atoms with E-state index in [2.05, 4.69) is 15.9 Å². The van der Waals surface area contributed by atoms with Crippen molar-refractivity contribution < 1.29 is 18.7 Å². The van der Waals surface area contributed by atoms with Crippen molar-refractivity contribution in [1.29, 1.82) is 5.26 Å². The molecular weight excluding hydrogens is 272 g/mol. The molecule has 0 amide bonds. The number of aromatic carboxylic acids is 1. The lowest BCUT2D eigenvalue weighted by Crippen LogP contribution is -2.01. The third-order valence-electron chi connectivity index (χ3n) is 1.73. The Morgan fingerprint density at radius 2 is 2.13 bits per heavy atom. The number of alkyl halides is 2. The first kappa shape index (κ1) is 11.6. The summed E-state index contributed by atoms with van der Waals surface area (Å²) in [6.07, 6.45) is -2.81. The Kier molecular flexibility index (Phi) is 3.37. The van der Waals surface area contributed by atoms with Gasteiger partial charge in [0.25, 0.3) is 6.43 Å². The highest BCUT2D eigenvalue weighted by Gasteiger charge is 2.18. The molecule has 0 bridgehead atoms. The highest BCUT2D eigenvalue weighted by molar-refractivity contribution is 9.10. The number of halogens is 3. The van der Waals surface area contributed by atoms with E-state index in [1.165, 1.54) is 6.07 Å². The lowest BCUT2D eigenvalue weighted by atomic mass is 10.1. The maximum absolute atomic E-state index is 12.4. The van der Waals surface area contributed by atoms with E-state index in [9.17, 15) is 13.6 Å². The number of nitrogens with zero attached hydrogens (tertiary/aromatic N) is 1. The molecule has 1 aromatic rings. The molecule has 0 saturated heterocycles. The van der Waals surface area contributed by atoms with Crippen molar-refractivity contribution in [1.82, 2.24) is 0 Å². The van der Waals surface area contributed by atoms with Gasteiger partial charge in [-0.3, -0.25) is 0 Å². The van der Waals surface area contributed by atoms with Crippen LogP contribution < -0.4 is 0 Å². The fourth-order valence-electron chi connectivity index (χ4n) is 1.03. The number of carboxylic acid groups (broad SMARTS) is 1. The summed E-state index contributed by atoms with van der Waals surface area (Å²) in [6.45, 7) is 0. The van der Waals surface area contributed by atoms with E-state index in [0.29, 0.717) is 0 Å². The van der Waals surface area contributed by atoms with Crippen LogP contribution in [0.3, 0.4) is 0 Å². The molecule has 3 nitrogen and oxygen atoms in total. The van der Waals surface area contributed by atoms with Crippen LogP contribution in [0, 0.1) is 11.3 Å². The first-order valence-corrected chi connectivity index (χ1v) is 4.51. The lowest BCUT2D eigenvalue weighted by molar-refractivity contribution is 0.0695. The van der Waals surface area contributed by atoms with Gasteiger partial charge in [-0.1, -0.05) is 0 Å². The average Bonchev–Trinajstić information content (AvgIpc) is 2.16. The molecule has 0 unspecified atom stereocenters. The van der Waals surface area contributed by atoms with Gasteiger partial charge in [0.2, 0.25) is 0 Å². The third-order valence-corrected chi connectivity index (χ3v) is 2.38. The molecule has 1 N–H and O–H groups in total. The summed E-state index contributed by atoms with van der Waals surface area (Å²) in [5.74, 6) is -1.28. The average molecular weight is 276 g/mol. The molecule has 0 spiro atoms. The van der Waals surface area contributed by atoms with Crippen LogP contribution in [0.5, 0.6) is 0 Å². The molecule has 0 aliphatic rings. The monoisotopic (exact) mass is 275 g/mol. The zero-order valence-corrected chi connectivity index (χ0v) is 8.75. The molecule has 0 radical (unpaired) electrons. The van der Waals surface area contributed by atoms with E-state index in [0.717, 1.165) is 12.1 Å². The number of hydrogen-bond donors (Lipinski definition) is 1. The van der Waals surface area contributed by atoms with Gasteiger partial charge in [0.05, 0.1) is 17.2 Å². The summed E-state index contributed by atoms with van der Waals surface area (Å²) in [4.78, 5) is 10.6. The molecule has 0 aliphatic carbocycles. The van der Waals surface area contributed by atoms with Crippen molar-refractivity contribution in [2.24, 2.45) is 0 Å². The molecular formula is C9H4BrF2NO2. The van der Waals surface area contributed by atoms with E-state index in [-0.39, 0.29) is 15.6 Å². The van der Waals surface area contributed by atoms with Crippen LogP contribution in [0.15, 0.2) is 16.6 Å². The van der Waals surface area contributed by atoms with Crippen molar-refractivity contribution >= 4 is 21.9 Å². The maximum Gasteiger partial charge on any atom is 0.336 e. The molecule has 6 heteroatoms. The minimum absolute atomic E-state index is 0.0318. The number of carboxylic acids is 1. The molecule has 1 aromatic carbocycles. The number of rotatable bonds is 2. The second-order valence-corrected chi connectivity index (χ2v) is 3.49. The number of benzene rings is 1. The SMILES string of the molecule is N#Cc1cc(C(=O)O)c(Br)cc1C(F)F. The van der Waals surface area contributed by atoms with Crippen LogP contribution in [0.2, 0.25) is 0 Å². The second kappa shape index (κ2) is 4.36. The summed E-state index contributed by atoms with van der Waals surface area (Å²) in [5.41, 5.74) is -1.02. The Morgan fingerprint density at radius 1 is 1.53 bits per heavy atom. The fraction of sp³-hybridized carbons (Fsp3) is 0.111. The molecule has 0 atom stereocenters. The summed E-state index contributed by atoms with van der Waals surface area (Å²) >= 11 is 2.86. The Balaban J connectivity index is 3.44. The van der Waals surface area contributed by atoms with Crippen LogP contribution in [0.1, 0.15) is 27.9 Å². The maximum atomic E-state index is 12.4. The number of hydrogen-bond acceptors (Lipinski definition) is 2. The van der Waals surface area contributed by atoms with E-state index in [4.69, 9.17) is 10.4 Å². The second-order valence-electron chi connectivity index (χ2n) is 2.64. The van der Waals surface area contributed by atoms with Gasteiger partial charge in [-0.2, -0.15) is 5.26 Å². The van der Waals surface area contributed by atoms with Crippen LogP contribution in [0.25, 0.3) is 0 Å². The molecule has 1 rings (SSSR count). The van der Waals surface area contributed by atoms with E-state index in [1.807, 2.05) is 0 Å². The van der Waals surface area contributed by atoms with Crippen LogP contribution >= 0.6 is 15.9 Å². The fourth-order valence-corrected chi connectivity index (χ4v) is 1.56. The Bertz CT molecular complexity index is 454. The number of carbonyl (C=O) groups is 1. The normalized spacial score (nSPS) is 10.1. The van der Waals surface area contributed by atoms with E-state index < -0.39 is 18.0 Å². The van der Waals surface area contributed by atoms with E-state index in [1.54, 1.807) is 0 Å². The summed E-state index contributed by atoms with van der Waals surface area (Å²) in [5, 5.41) is 17.3. The predicted octanol–water partition coefficient (Wildman–Crippen LogP) is 2.96. The lowest BCUT2D eigenvalue weighted by Gasteiger charge is -2.05. The van der Waals surface area contributed by atoms with Gasteiger partial charge in [0.15, 0.2) is 0 Å². The minimum Gasteiger partial charge on any atom is -0.478 e. The van der Waals surface area contributed by atoms with Crippen molar-refractivity contribution in [2.45, 2.75) is 6.43 Å². The van der Waals surface area contributed by atoms with Crippen LogP contribution in [-0.2, 0) is 0 Å². The van der Waals surface area contributed by atoms with Crippen molar-refractivity contribution in [3.05, 3.63) is 33.3 Å². The highest BCUT2D eigenvalue weighted by atomic mass is 79.9. The zero-order valence-electron chi connectivity index (χ0n) is 7.17. The molecule has 15 heavy (non-hydrogen) atoms. The molecule has 0 saturated carbocycles. The topological polar surface area (TPSA) is 61.1 Å². The Hall–Kier alpha value is -1.48. The first-order chi connectivity index (χ1) is 6.97. The minimum atomic E-state index is -2.81. The molecule has 0 heterocycles. The highest BCUT2D eigenvalue weighted by Crippen LogP contribution is 2.28. The van der Waals surface area contributed by atoms with Crippen LogP contribution in [0.4, 0.5) is 8.78 Å². The Morgan fingerprint density at radius 3 is 2.53 bits per heavy atom. The van der Waals surface area contributed by atoms with Crippen molar-refractivity contribution in [2.75, 3.05) is 0 Å². The Labute approximate surface area is 92.1 Å². The van der Waals surface area contributed by atoms with Gasteiger partial charge in [0, 0.05) is 10.0 Å². The standard InChI is InChI=1S/C9H4BrF2NO2/c10-7-2-5(8(11)12)4(3-13)1-6(7)9(14)15/h1-2,8H,(H,14,15). The van der Waals surface area contributed by atoms with Crippen molar-refractivity contribution in [3.8, 4) is 6.07 Å². The van der Waals surface area contributed by atoms with Gasteiger partial charge < -0.3 is 5.11 Å². The zero-order chi connectivity index (χ0) is 11.6. The van der Waals surface area contributed by atoms with Crippen LogP contribution in [-0.4, -0.2) is 11.1 Å². The quantitative estimate of drug-likeness (QED) is 0.903. The van der Waals surface area contributed by atoms with Gasteiger partial charge in [-0.25, -0.2) is 13.6 Å².